The standard InChI is InChI=1S/C19H20BrN3O2/c1-13(2)25-18-9-8-14(11-21)10-17(18)22-19(24)23(3)12-15-6-4-5-7-16(15)20/h4-10,13H,12H2,1-3H3,(H,22,24). The first-order chi connectivity index (χ1) is 11.9. The van der Waals surface area contributed by atoms with Crippen molar-refractivity contribution in [3.05, 3.63) is 58.1 Å². The van der Waals surface area contributed by atoms with Crippen LogP contribution in [0.3, 0.4) is 0 Å². The van der Waals surface area contributed by atoms with Crippen molar-refractivity contribution >= 4 is 27.6 Å². The van der Waals surface area contributed by atoms with Gasteiger partial charge in [0.05, 0.1) is 23.4 Å². The van der Waals surface area contributed by atoms with E-state index in [1.54, 1.807) is 30.1 Å². The number of anilines is 1. The van der Waals surface area contributed by atoms with Gasteiger partial charge in [0.1, 0.15) is 5.75 Å². The van der Waals surface area contributed by atoms with Gasteiger partial charge in [0.15, 0.2) is 0 Å². The van der Waals surface area contributed by atoms with Crippen molar-refractivity contribution in [1.29, 1.82) is 5.26 Å². The minimum absolute atomic E-state index is 0.0402. The van der Waals surface area contributed by atoms with Crippen molar-refractivity contribution < 1.29 is 9.53 Å². The van der Waals surface area contributed by atoms with Crippen molar-refractivity contribution in [2.24, 2.45) is 0 Å². The highest BCUT2D eigenvalue weighted by atomic mass is 79.9. The molecule has 1 N–H and O–H groups in total. The van der Waals surface area contributed by atoms with Crippen LogP contribution in [0, 0.1) is 11.3 Å². The summed E-state index contributed by atoms with van der Waals surface area (Å²) in [6.07, 6.45) is -0.0402. The number of amides is 2. The summed E-state index contributed by atoms with van der Waals surface area (Å²) in [5.74, 6) is 0.539. The summed E-state index contributed by atoms with van der Waals surface area (Å²) in [5, 5.41) is 11.9. The molecule has 0 radical (unpaired) electrons. The van der Waals surface area contributed by atoms with Crippen molar-refractivity contribution in [1.82, 2.24) is 4.90 Å². The predicted octanol–water partition coefficient (Wildman–Crippen LogP) is 4.77. The number of benzene rings is 2. The normalized spacial score (nSPS) is 10.2. The summed E-state index contributed by atoms with van der Waals surface area (Å²) in [6, 6.07) is 14.5. The molecule has 0 bridgehead atoms. The summed E-state index contributed by atoms with van der Waals surface area (Å²) < 4.78 is 6.66. The number of carbonyl (C=O) groups excluding carboxylic acids is 1. The highest BCUT2D eigenvalue weighted by Crippen LogP contribution is 2.27. The highest BCUT2D eigenvalue weighted by Gasteiger charge is 2.15. The molecular weight excluding hydrogens is 382 g/mol. The highest BCUT2D eigenvalue weighted by molar-refractivity contribution is 9.10. The Morgan fingerprint density at radius 3 is 2.68 bits per heavy atom. The van der Waals surface area contributed by atoms with E-state index in [0.717, 1.165) is 10.0 Å². The topological polar surface area (TPSA) is 65.4 Å². The van der Waals surface area contributed by atoms with E-state index < -0.39 is 0 Å². The lowest BCUT2D eigenvalue weighted by atomic mass is 10.2. The van der Waals surface area contributed by atoms with Gasteiger partial charge in [-0.1, -0.05) is 34.1 Å². The Kier molecular flexibility index (Phi) is 6.43. The van der Waals surface area contributed by atoms with Crippen LogP contribution in [0.4, 0.5) is 10.5 Å². The third-order valence-electron chi connectivity index (χ3n) is 3.42. The van der Waals surface area contributed by atoms with Gasteiger partial charge in [-0.2, -0.15) is 5.26 Å². The third kappa shape index (κ3) is 5.23. The van der Waals surface area contributed by atoms with Gasteiger partial charge in [0.25, 0.3) is 0 Å². The maximum atomic E-state index is 12.5. The quantitative estimate of drug-likeness (QED) is 0.784. The van der Waals surface area contributed by atoms with E-state index in [0.29, 0.717) is 23.5 Å². The Hall–Kier alpha value is -2.52. The Balaban J connectivity index is 2.16. The molecule has 0 aliphatic carbocycles. The van der Waals surface area contributed by atoms with Crippen LogP contribution in [0.1, 0.15) is 25.0 Å². The van der Waals surface area contributed by atoms with Crippen LogP contribution in [-0.4, -0.2) is 24.1 Å². The lowest BCUT2D eigenvalue weighted by molar-refractivity contribution is 0.219. The second kappa shape index (κ2) is 8.54. The number of rotatable bonds is 5. The summed E-state index contributed by atoms with van der Waals surface area (Å²) >= 11 is 3.48. The number of nitrogens with one attached hydrogen (secondary N) is 1. The molecule has 130 valence electrons. The SMILES string of the molecule is CC(C)Oc1ccc(C#N)cc1NC(=O)N(C)Cc1ccccc1Br. The fourth-order valence-corrected chi connectivity index (χ4v) is 2.63. The van der Waals surface area contributed by atoms with Crippen LogP contribution in [0.25, 0.3) is 0 Å². The number of halogens is 1. The molecule has 0 aliphatic heterocycles. The number of carbonyl (C=O) groups is 1. The molecule has 5 nitrogen and oxygen atoms in total. The van der Waals surface area contributed by atoms with Crippen LogP contribution in [0.2, 0.25) is 0 Å². The van der Waals surface area contributed by atoms with Crippen molar-refractivity contribution in [3.63, 3.8) is 0 Å². The summed E-state index contributed by atoms with van der Waals surface area (Å²) in [6.45, 7) is 4.26. The Bertz CT molecular complexity index is 799. The number of ether oxygens (including phenoxy) is 1. The molecule has 6 heteroatoms. The van der Waals surface area contributed by atoms with Gasteiger partial charge in [0, 0.05) is 18.1 Å². The van der Waals surface area contributed by atoms with Crippen molar-refractivity contribution in [2.75, 3.05) is 12.4 Å². The average Bonchev–Trinajstić information content (AvgIpc) is 2.57. The molecule has 0 saturated heterocycles. The maximum Gasteiger partial charge on any atom is 0.321 e. The molecule has 2 rings (SSSR count). The molecule has 2 aromatic carbocycles. The van der Waals surface area contributed by atoms with Gasteiger partial charge >= 0.3 is 6.03 Å². The van der Waals surface area contributed by atoms with Crippen LogP contribution in [0.5, 0.6) is 5.75 Å². The zero-order chi connectivity index (χ0) is 18.4. The monoisotopic (exact) mass is 401 g/mol. The second-order valence-electron chi connectivity index (χ2n) is 5.87. The van der Waals surface area contributed by atoms with Crippen LogP contribution in [0.15, 0.2) is 46.9 Å². The fraction of sp³-hybridized carbons (Fsp3) is 0.263. The fourth-order valence-electron chi connectivity index (χ4n) is 2.22. The molecule has 0 aliphatic rings. The first-order valence-electron chi connectivity index (χ1n) is 7.87. The summed E-state index contributed by atoms with van der Waals surface area (Å²) in [7, 11) is 1.71. The largest absolute Gasteiger partial charge is 0.489 e. The third-order valence-corrected chi connectivity index (χ3v) is 4.20. The van der Waals surface area contributed by atoms with E-state index in [1.807, 2.05) is 38.1 Å². The van der Waals surface area contributed by atoms with E-state index in [2.05, 4.69) is 27.3 Å². The molecule has 0 fully saturated rings. The number of nitriles is 1. The molecule has 2 aromatic rings. The van der Waals surface area contributed by atoms with Gasteiger partial charge in [-0.05, 0) is 43.7 Å². The molecule has 0 aromatic heterocycles. The molecule has 2 amide bonds. The van der Waals surface area contributed by atoms with Crippen molar-refractivity contribution in [2.45, 2.75) is 26.5 Å². The van der Waals surface area contributed by atoms with E-state index in [4.69, 9.17) is 10.00 Å². The molecule has 0 heterocycles. The predicted molar refractivity (Wildman–Crippen MR) is 102 cm³/mol. The summed E-state index contributed by atoms with van der Waals surface area (Å²) in [4.78, 5) is 14.1. The average molecular weight is 402 g/mol. The molecule has 0 saturated carbocycles. The van der Waals surface area contributed by atoms with Crippen LogP contribution in [-0.2, 0) is 6.54 Å². The number of nitrogens with zero attached hydrogens (tertiary/aromatic N) is 2. The number of hydrogen-bond acceptors (Lipinski definition) is 3. The van der Waals surface area contributed by atoms with E-state index in [-0.39, 0.29) is 12.1 Å². The van der Waals surface area contributed by atoms with Crippen molar-refractivity contribution in [3.8, 4) is 11.8 Å². The van der Waals surface area contributed by atoms with E-state index >= 15 is 0 Å². The lowest BCUT2D eigenvalue weighted by Crippen LogP contribution is -2.31. The molecule has 0 atom stereocenters. The first kappa shape index (κ1) is 18.8. The minimum Gasteiger partial charge on any atom is -0.489 e. The van der Waals surface area contributed by atoms with E-state index in [9.17, 15) is 4.79 Å². The minimum atomic E-state index is -0.278. The van der Waals surface area contributed by atoms with Gasteiger partial charge in [0.2, 0.25) is 0 Å². The summed E-state index contributed by atoms with van der Waals surface area (Å²) in [5.41, 5.74) is 1.95. The van der Waals surface area contributed by atoms with E-state index in [1.165, 1.54) is 0 Å². The van der Waals surface area contributed by atoms with Gasteiger partial charge < -0.3 is 15.0 Å². The smallest absolute Gasteiger partial charge is 0.321 e. The number of urea groups is 1. The Morgan fingerprint density at radius 1 is 1.32 bits per heavy atom. The zero-order valence-corrected chi connectivity index (χ0v) is 16.0. The van der Waals surface area contributed by atoms with Gasteiger partial charge in [-0.3, -0.25) is 0 Å². The Morgan fingerprint density at radius 2 is 2.04 bits per heavy atom. The zero-order valence-electron chi connectivity index (χ0n) is 14.4. The number of hydrogen-bond donors (Lipinski definition) is 1. The van der Waals surface area contributed by atoms with Crippen LogP contribution < -0.4 is 10.1 Å². The van der Waals surface area contributed by atoms with Crippen LogP contribution >= 0.6 is 15.9 Å². The second-order valence-corrected chi connectivity index (χ2v) is 6.72. The molecule has 0 unspecified atom stereocenters. The first-order valence-corrected chi connectivity index (χ1v) is 8.66. The maximum absolute atomic E-state index is 12.5. The molecular formula is C19H20BrN3O2. The molecule has 25 heavy (non-hydrogen) atoms. The Labute approximate surface area is 156 Å². The van der Waals surface area contributed by atoms with Gasteiger partial charge in [-0.25, -0.2) is 4.79 Å². The lowest BCUT2D eigenvalue weighted by Gasteiger charge is -2.21. The molecule has 0 spiro atoms. The van der Waals surface area contributed by atoms with Gasteiger partial charge in [-0.15, -0.1) is 0 Å².